The first kappa shape index (κ1) is 8.30. The minimum Gasteiger partial charge on any atom is -0.369 e. The van der Waals surface area contributed by atoms with E-state index in [-0.39, 0.29) is 11.8 Å². The summed E-state index contributed by atoms with van der Waals surface area (Å²) in [5.74, 6) is 0.0642. The van der Waals surface area contributed by atoms with Gasteiger partial charge in [0.15, 0.2) is 0 Å². The monoisotopic (exact) mass is 253 g/mol. The Labute approximate surface area is 74.7 Å². The lowest BCUT2D eigenvalue weighted by Gasteiger charge is -2.22. The summed E-state index contributed by atoms with van der Waals surface area (Å²) in [5, 5.41) is 0. The molecule has 58 valence electrons. The predicted octanol–water partition coefficient (Wildman–Crippen LogP) is 1.47. The summed E-state index contributed by atoms with van der Waals surface area (Å²) in [5.41, 5.74) is 5.17. The molecule has 1 rings (SSSR count). The molecule has 3 heteroatoms. The second-order valence-electron chi connectivity index (χ2n) is 2.85. The van der Waals surface area contributed by atoms with Gasteiger partial charge in [-0.2, -0.15) is 0 Å². The van der Waals surface area contributed by atoms with Crippen LogP contribution in [-0.2, 0) is 4.79 Å². The van der Waals surface area contributed by atoms with Gasteiger partial charge in [0, 0.05) is 9.84 Å². The first-order valence-electron chi connectivity index (χ1n) is 3.63. The van der Waals surface area contributed by atoms with Gasteiger partial charge in [-0.05, 0) is 25.7 Å². The van der Waals surface area contributed by atoms with E-state index in [4.69, 9.17) is 5.73 Å². The average molecular weight is 253 g/mol. The fourth-order valence-corrected chi connectivity index (χ4v) is 2.06. The van der Waals surface area contributed by atoms with Crippen molar-refractivity contribution in [3.63, 3.8) is 0 Å². The number of amides is 1. The van der Waals surface area contributed by atoms with Crippen LogP contribution in [0.4, 0.5) is 0 Å². The van der Waals surface area contributed by atoms with Gasteiger partial charge in [0.25, 0.3) is 0 Å². The second-order valence-corrected chi connectivity index (χ2v) is 4.61. The smallest absolute Gasteiger partial charge is 0.220 e. The number of primary amides is 1. The molecule has 0 saturated heterocycles. The van der Waals surface area contributed by atoms with Crippen LogP contribution in [0, 0.1) is 5.92 Å². The minimum absolute atomic E-state index is 0.108. The molecule has 10 heavy (non-hydrogen) atoms. The van der Waals surface area contributed by atoms with Crippen molar-refractivity contribution in [1.29, 1.82) is 0 Å². The fraction of sp³-hybridized carbons (Fsp3) is 0.857. The highest BCUT2D eigenvalue weighted by Crippen LogP contribution is 2.28. The molecule has 0 radical (unpaired) electrons. The number of halogens is 1. The topological polar surface area (TPSA) is 43.1 Å². The van der Waals surface area contributed by atoms with Crippen LogP contribution in [0.2, 0.25) is 0 Å². The van der Waals surface area contributed by atoms with E-state index < -0.39 is 0 Å². The van der Waals surface area contributed by atoms with Crippen LogP contribution in [0.5, 0.6) is 0 Å². The molecule has 1 aliphatic rings. The standard InChI is InChI=1S/C7H12INO/c8-6-3-1-5(2-4-6)7(9)10/h5-6H,1-4H2,(H2,9,10)/t5-,6-. The lowest BCUT2D eigenvalue weighted by molar-refractivity contribution is -0.122. The van der Waals surface area contributed by atoms with E-state index in [2.05, 4.69) is 22.6 Å². The Kier molecular flexibility index (Phi) is 2.95. The van der Waals surface area contributed by atoms with Gasteiger partial charge in [-0.15, -0.1) is 0 Å². The third kappa shape index (κ3) is 2.11. The Balaban J connectivity index is 2.33. The van der Waals surface area contributed by atoms with Crippen molar-refractivity contribution in [1.82, 2.24) is 0 Å². The maximum absolute atomic E-state index is 10.7. The van der Waals surface area contributed by atoms with Gasteiger partial charge in [0.05, 0.1) is 0 Å². The summed E-state index contributed by atoms with van der Waals surface area (Å²) in [4.78, 5) is 10.7. The number of alkyl halides is 1. The summed E-state index contributed by atoms with van der Waals surface area (Å²) in [7, 11) is 0. The molecule has 0 spiro atoms. The summed E-state index contributed by atoms with van der Waals surface area (Å²) >= 11 is 2.44. The zero-order valence-electron chi connectivity index (χ0n) is 5.85. The van der Waals surface area contributed by atoms with E-state index in [1.807, 2.05) is 0 Å². The summed E-state index contributed by atoms with van der Waals surface area (Å²) in [6, 6.07) is 0. The summed E-state index contributed by atoms with van der Waals surface area (Å²) < 4.78 is 0.771. The van der Waals surface area contributed by atoms with E-state index in [0.717, 1.165) is 29.6 Å². The molecule has 1 aliphatic carbocycles. The number of nitrogens with two attached hydrogens (primary N) is 1. The lowest BCUT2D eigenvalue weighted by Crippen LogP contribution is -2.27. The Morgan fingerprint density at radius 1 is 1.30 bits per heavy atom. The van der Waals surface area contributed by atoms with Gasteiger partial charge in [-0.25, -0.2) is 0 Å². The molecule has 0 heterocycles. The predicted molar refractivity (Wildman–Crippen MR) is 49.0 cm³/mol. The number of hydrogen-bond acceptors (Lipinski definition) is 1. The van der Waals surface area contributed by atoms with Crippen LogP contribution in [0.25, 0.3) is 0 Å². The molecule has 0 aromatic heterocycles. The van der Waals surface area contributed by atoms with Crippen molar-refractivity contribution >= 4 is 28.5 Å². The van der Waals surface area contributed by atoms with Crippen molar-refractivity contribution in [3.05, 3.63) is 0 Å². The molecular weight excluding hydrogens is 241 g/mol. The Morgan fingerprint density at radius 3 is 2.20 bits per heavy atom. The van der Waals surface area contributed by atoms with Gasteiger partial charge in [-0.3, -0.25) is 4.79 Å². The molecule has 2 N–H and O–H groups in total. The highest BCUT2D eigenvalue weighted by atomic mass is 127. The van der Waals surface area contributed by atoms with E-state index in [9.17, 15) is 4.79 Å². The third-order valence-electron chi connectivity index (χ3n) is 2.06. The first-order valence-corrected chi connectivity index (χ1v) is 4.88. The molecule has 0 bridgehead atoms. The van der Waals surface area contributed by atoms with E-state index >= 15 is 0 Å². The van der Waals surface area contributed by atoms with Gasteiger partial charge in [0.1, 0.15) is 0 Å². The van der Waals surface area contributed by atoms with Crippen LogP contribution in [-0.4, -0.2) is 9.83 Å². The minimum atomic E-state index is -0.108. The van der Waals surface area contributed by atoms with Crippen LogP contribution in [0.3, 0.4) is 0 Å². The van der Waals surface area contributed by atoms with Gasteiger partial charge >= 0.3 is 0 Å². The van der Waals surface area contributed by atoms with Crippen molar-refractivity contribution in [3.8, 4) is 0 Å². The molecule has 0 aliphatic heterocycles. The molecule has 0 atom stereocenters. The fourth-order valence-electron chi connectivity index (χ4n) is 1.34. The molecule has 1 amide bonds. The Morgan fingerprint density at radius 2 is 1.80 bits per heavy atom. The third-order valence-corrected chi connectivity index (χ3v) is 3.30. The maximum Gasteiger partial charge on any atom is 0.220 e. The number of hydrogen-bond donors (Lipinski definition) is 1. The van der Waals surface area contributed by atoms with Crippen molar-refractivity contribution < 1.29 is 4.79 Å². The van der Waals surface area contributed by atoms with E-state index in [0.29, 0.717) is 0 Å². The van der Waals surface area contributed by atoms with E-state index in [1.54, 1.807) is 0 Å². The quantitative estimate of drug-likeness (QED) is 0.558. The SMILES string of the molecule is NC(=O)[C@H]1CC[C@H](I)CC1. The maximum atomic E-state index is 10.7. The van der Waals surface area contributed by atoms with Gasteiger partial charge < -0.3 is 5.73 Å². The molecular formula is C7H12INO. The molecule has 0 aromatic rings. The average Bonchev–Trinajstić information content (AvgIpc) is 1.88. The molecule has 0 unspecified atom stereocenters. The van der Waals surface area contributed by atoms with Crippen LogP contribution in [0.1, 0.15) is 25.7 Å². The number of carbonyl (C=O) groups excluding carboxylic acids is 1. The van der Waals surface area contributed by atoms with Crippen molar-refractivity contribution in [2.45, 2.75) is 29.6 Å². The molecule has 0 aromatic carbocycles. The summed E-state index contributed by atoms with van der Waals surface area (Å²) in [6.07, 6.45) is 4.33. The molecule has 2 nitrogen and oxygen atoms in total. The van der Waals surface area contributed by atoms with Crippen molar-refractivity contribution in [2.24, 2.45) is 11.7 Å². The normalized spacial score (nSPS) is 33.7. The molecule has 1 saturated carbocycles. The Bertz CT molecular complexity index is 130. The second kappa shape index (κ2) is 3.55. The Hall–Kier alpha value is 0.200. The highest BCUT2D eigenvalue weighted by molar-refractivity contribution is 14.1. The summed E-state index contributed by atoms with van der Waals surface area (Å²) in [6.45, 7) is 0. The largest absolute Gasteiger partial charge is 0.369 e. The first-order chi connectivity index (χ1) is 4.70. The highest BCUT2D eigenvalue weighted by Gasteiger charge is 2.22. The zero-order valence-corrected chi connectivity index (χ0v) is 8.00. The van der Waals surface area contributed by atoms with Crippen LogP contribution >= 0.6 is 22.6 Å². The lowest BCUT2D eigenvalue weighted by atomic mass is 9.89. The van der Waals surface area contributed by atoms with Crippen molar-refractivity contribution in [2.75, 3.05) is 0 Å². The van der Waals surface area contributed by atoms with Gasteiger partial charge in [0.2, 0.25) is 5.91 Å². The number of carbonyl (C=O) groups is 1. The zero-order chi connectivity index (χ0) is 7.56. The molecule has 1 fully saturated rings. The van der Waals surface area contributed by atoms with Gasteiger partial charge in [-0.1, -0.05) is 22.6 Å². The van der Waals surface area contributed by atoms with Crippen LogP contribution in [0.15, 0.2) is 0 Å². The van der Waals surface area contributed by atoms with E-state index in [1.165, 1.54) is 0 Å². The number of rotatable bonds is 1. The van der Waals surface area contributed by atoms with Crippen LogP contribution < -0.4 is 5.73 Å².